The van der Waals surface area contributed by atoms with Gasteiger partial charge in [-0.1, -0.05) is 58.9 Å². The molecule has 0 saturated carbocycles. The Kier molecular flexibility index (Phi) is 11.9. The molecular weight excluding hydrogens is 584 g/mol. The minimum Gasteiger partial charge on any atom is -0.497 e. The van der Waals surface area contributed by atoms with Gasteiger partial charge in [0.15, 0.2) is 0 Å². The molecule has 0 radical (unpaired) electrons. The smallest absolute Gasteiger partial charge is 0.123 e. The lowest BCUT2D eigenvalue weighted by Crippen LogP contribution is -2.26. The Balaban J connectivity index is 0.000000175. The number of nitrogens with one attached hydrogen (secondary N) is 2. The fourth-order valence-electron chi connectivity index (χ4n) is 6.04. The summed E-state index contributed by atoms with van der Waals surface area (Å²) >= 11 is 3.62. The van der Waals surface area contributed by atoms with E-state index in [9.17, 15) is 4.39 Å². The summed E-state index contributed by atoms with van der Waals surface area (Å²) < 4.78 is 18.5. The predicted molar refractivity (Wildman–Crippen MR) is 184 cm³/mol. The molecule has 0 atom stereocenters. The minimum absolute atomic E-state index is 0.163. The molecule has 6 heteroatoms. The Hall–Kier alpha value is -2.77. The first-order chi connectivity index (χ1) is 21.4. The van der Waals surface area contributed by atoms with Crippen molar-refractivity contribution in [3.05, 3.63) is 112 Å². The largest absolute Gasteiger partial charge is 0.497 e. The van der Waals surface area contributed by atoms with E-state index in [1.54, 1.807) is 31.0 Å². The fourth-order valence-corrected chi connectivity index (χ4v) is 8.12. The number of aryl methyl sites for hydroxylation is 3. The van der Waals surface area contributed by atoms with Crippen molar-refractivity contribution in [2.24, 2.45) is 0 Å². The molecule has 44 heavy (non-hydrogen) atoms. The summed E-state index contributed by atoms with van der Waals surface area (Å²) in [4.78, 5) is 5.11. The third-order valence-corrected chi connectivity index (χ3v) is 10.9. The Labute approximate surface area is 271 Å². The molecule has 6 rings (SSSR count). The van der Waals surface area contributed by atoms with Gasteiger partial charge in [-0.3, -0.25) is 0 Å². The first kappa shape index (κ1) is 32.6. The summed E-state index contributed by atoms with van der Waals surface area (Å²) in [5.41, 5.74) is 6.64. The van der Waals surface area contributed by atoms with Crippen molar-refractivity contribution in [2.45, 2.75) is 77.9 Å². The summed E-state index contributed by atoms with van der Waals surface area (Å²) in [5, 5.41) is 6.90. The normalized spacial score (nSPS) is 15.8. The van der Waals surface area contributed by atoms with Gasteiger partial charge in [0.25, 0.3) is 0 Å². The van der Waals surface area contributed by atoms with Gasteiger partial charge in [0.2, 0.25) is 0 Å². The molecule has 2 aliphatic heterocycles. The molecule has 2 heterocycles. The van der Waals surface area contributed by atoms with Crippen LogP contribution in [0, 0.1) is 26.6 Å². The Bertz CT molecular complexity index is 1510. The second-order valence-electron chi connectivity index (χ2n) is 11.9. The van der Waals surface area contributed by atoms with Crippen LogP contribution in [0.1, 0.15) is 65.3 Å². The van der Waals surface area contributed by atoms with Crippen molar-refractivity contribution in [3.63, 3.8) is 0 Å². The van der Waals surface area contributed by atoms with Gasteiger partial charge in [-0.05, 0) is 156 Å². The molecule has 2 N–H and O–H groups in total. The number of rotatable bonds is 7. The second kappa shape index (κ2) is 16.0. The van der Waals surface area contributed by atoms with E-state index < -0.39 is 0 Å². The molecule has 2 saturated heterocycles. The molecule has 0 unspecified atom stereocenters. The number of piperidine rings is 2. The first-order valence-electron chi connectivity index (χ1n) is 15.8. The average Bonchev–Trinajstić information content (AvgIpc) is 3.05. The standard InChI is InChI=1S/C19H22FNS.C19H23NOS/c1-13-3-5-19(17(11-13)15-7-9-21-10-8-15)22-18-6-4-16(20)12-14(18)2;1-14-3-8-19(18(13-14)15-9-11-20-12-10-15)22-17-6-4-16(21-2)5-7-17/h3-6,11-12,15,21H,7-10H2,1-2H3;3-8,13,15,20H,9-12H2,1-2H3. The van der Waals surface area contributed by atoms with Crippen LogP contribution in [-0.4, -0.2) is 33.3 Å². The van der Waals surface area contributed by atoms with Gasteiger partial charge in [-0.2, -0.15) is 0 Å². The lowest BCUT2D eigenvalue weighted by atomic mass is 9.89. The Morgan fingerprint density at radius 1 is 0.614 bits per heavy atom. The molecule has 2 aliphatic rings. The van der Waals surface area contributed by atoms with Crippen LogP contribution in [0.4, 0.5) is 4.39 Å². The van der Waals surface area contributed by atoms with Crippen LogP contribution in [0.15, 0.2) is 98.4 Å². The van der Waals surface area contributed by atoms with Gasteiger partial charge in [-0.25, -0.2) is 4.39 Å². The molecule has 0 aliphatic carbocycles. The maximum Gasteiger partial charge on any atom is 0.123 e. The summed E-state index contributed by atoms with van der Waals surface area (Å²) in [6.45, 7) is 10.8. The van der Waals surface area contributed by atoms with E-state index in [-0.39, 0.29) is 5.82 Å². The summed E-state index contributed by atoms with van der Waals surface area (Å²) in [6, 6.07) is 27.0. The zero-order valence-corrected chi connectivity index (χ0v) is 28.1. The summed E-state index contributed by atoms with van der Waals surface area (Å²) in [6.07, 6.45) is 4.86. The molecule has 0 bridgehead atoms. The summed E-state index contributed by atoms with van der Waals surface area (Å²) in [7, 11) is 1.71. The number of benzene rings is 4. The van der Waals surface area contributed by atoms with Crippen molar-refractivity contribution >= 4 is 23.5 Å². The Morgan fingerprint density at radius 2 is 1.11 bits per heavy atom. The van der Waals surface area contributed by atoms with E-state index >= 15 is 0 Å². The van der Waals surface area contributed by atoms with Gasteiger partial charge in [0.1, 0.15) is 11.6 Å². The topological polar surface area (TPSA) is 33.3 Å². The maximum absolute atomic E-state index is 13.3. The van der Waals surface area contributed by atoms with Gasteiger partial charge in [0.05, 0.1) is 7.11 Å². The lowest BCUT2D eigenvalue weighted by molar-refractivity contribution is 0.414. The van der Waals surface area contributed by atoms with E-state index in [1.165, 1.54) is 62.6 Å². The minimum atomic E-state index is -0.163. The third kappa shape index (κ3) is 8.91. The molecule has 232 valence electrons. The van der Waals surface area contributed by atoms with Crippen molar-refractivity contribution in [3.8, 4) is 5.75 Å². The highest BCUT2D eigenvalue weighted by Crippen LogP contribution is 2.40. The molecule has 3 nitrogen and oxygen atoms in total. The second-order valence-corrected chi connectivity index (χ2v) is 14.1. The van der Waals surface area contributed by atoms with Gasteiger partial charge in [0, 0.05) is 19.6 Å². The van der Waals surface area contributed by atoms with E-state index in [4.69, 9.17) is 4.74 Å². The molecule has 4 aromatic carbocycles. The van der Waals surface area contributed by atoms with Crippen molar-refractivity contribution < 1.29 is 9.13 Å². The van der Waals surface area contributed by atoms with E-state index in [1.807, 2.05) is 36.9 Å². The highest BCUT2D eigenvalue weighted by molar-refractivity contribution is 7.99. The van der Waals surface area contributed by atoms with Crippen LogP contribution < -0.4 is 15.4 Å². The van der Waals surface area contributed by atoms with Crippen LogP contribution in [0.3, 0.4) is 0 Å². The number of halogens is 1. The van der Waals surface area contributed by atoms with Crippen LogP contribution in [-0.2, 0) is 0 Å². The highest BCUT2D eigenvalue weighted by atomic mass is 32.2. The van der Waals surface area contributed by atoms with Crippen LogP contribution in [0.25, 0.3) is 0 Å². The van der Waals surface area contributed by atoms with Crippen molar-refractivity contribution in [1.82, 2.24) is 10.6 Å². The third-order valence-electron chi connectivity index (χ3n) is 8.53. The molecule has 0 spiro atoms. The van der Waals surface area contributed by atoms with Crippen LogP contribution in [0.5, 0.6) is 5.75 Å². The van der Waals surface area contributed by atoms with Crippen molar-refractivity contribution in [2.75, 3.05) is 33.3 Å². The SMILES string of the molecule is COc1ccc(Sc2ccc(C)cc2C2CCNCC2)cc1.Cc1ccc(Sc2ccc(F)cc2C)c(C2CCNCC2)c1. The molecule has 2 fully saturated rings. The number of hydrogen-bond acceptors (Lipinski definition) is 5. The van der Waals surface area contributed by atoms with Crippen LogP contribution >= 0.6 is 23.5 Å². The van der Waals surface area contributed by atoms with Gasteiger partial charge < -0.3 is 15.4 Å². The Morgan fingerprint density at radius 3 is 1.61 bits per heavy atom. The monoisotopic (exact) mass is 628 g/mol. The lowest BCUT2D eigenvalue weighted by Gasteiger charge is -2.25. The first-order valence-corrected chi connectivity index (χ1v) is 17.4. The van der Waals surface area contributed by atoms with E-state index in [2.05, 4.69) is 73.0 Å². The van der Waals surface area contributed by atoms with E-state index in [0.717, 1.165) is 42.4 Å². The maximum atomic E-state index is 13.3. The highest BCUT2D eigenvalue weighted by Gasteiger charge is 2.20. The number of ether oxygens (including phenoxy) is 1. The van der Waals surface area contributed by atoms with Crippen molar-refractivity contribution in [1.29, 1.82) is 0 Å². The molecule has 4 aromatic rings. The molecule has 0 amide bonds. The van der Waals surface area contributed by atoms with E-state index in [0.29, 0.717) is 11.8 Å². The zero-order chi connectivity index (χ0) is 30.9. The summed E-state index contributed by atoms with van der Waals surface area (Å²) in [5.74, 6) is 2.06. The quantitative estimate of drug-likeness (QED) is 0.213. The van der Waals surface area contributed by atoms with Gasteiger partial charge in [-0.15, -0.1) is 0 Å². The molecular formula is C38H45FN2OS2. The fraction of sp³-hybridized carbons (Fsp3) is 0.368. The zero-order valence-electron chi connectivity index (χ0n) is 26.4. The number of hydrogen-bond donors (Lipinski definition) is 2. The van der Waals surface area contributed by atoms with Crippen LogP contribution in [0.2, 0.25) is 0 Å². The number of methoxy groups -OCH3 is 1. The predicted octanol–water partition coefficient (Wildman–Crippen LogP) is 9.68. The molecule has 0 aromatic heterocycles. The van der Waals surface area contributed by atoms with Gasteiger partial charge >= 0.3 is 0 Å². The average molecular weight is 629 g/mol.